The summed E-state index contributed by atoms with van der Waals surface area (Å²) in [5.74, 6) is -1.09. The Balaban J connectivity index is 1.95. The summed E-state index contributed by atoms with van der Waals surface area (Å²) in [7, 11) is 1.68. The van der Waals surface area contributed by atoms with Crippen LogP contribution in [0.1, 0.15) is 18.1 Å². The minimum Gasteiger partial charge on any atom is -0.324 e. The average Bonchev–Trinajstić information content (AvgIpc) is 2.59. The first-order chi connectivity index (χ1) is 12.3. The number of nitrogens with one attached hydrogen (secondary N) is 2. The summed E-state index contributed by atoms with van der Waals surface area (Å²) in [5.41, 5.74) is 2.87. The van der Waals surface area contributed by atoms with Gasteiger partial charge < -0.3 is 10.6 Å². The molecule has 0 saturated heterocycles. The number of carbonyl (C=O) groups is 2. The molecule has 0 aromatic heterocycles. The van der Waals surface area contributed by atoms with Crippen molar-refractivity contribution < 1.29 is 14.0 Å². The average molecular weight is 357 g/mol. The van der Waals surface area contributed by atoms with Crippen molar-refractivity contribution in [3.05, 3.63) is 59.4 Å². The van der Waals surface area contributed by atoms with Crippen LogP contribution < -0.4 is 10.6 Å². The van der Waals surface area contributed by atoms with Gasteiger partial charge in [-0.2, -0.15) is 0 Å². The first kappa shape index (κ1) is 19.6. The van der Waals surface area contributed by atoms with E-state index >= 15 is 0 Å². The first-order valence-electron chi connectivity index (χ1n) is 8.41. The molecule has 2 N–H and O–H groups in total. The van der Waals surface area contributed by atoms with Crippen LogP contribution in [0.2, 0.25) is 0 Å². The van der Waals surface area contributed by atoms with Gasteiger partial charge in [-0.3, -0.25) is 14.5 Å². The number of halogens is 1. The fourth-order valence-corrected chi connectivity index (χ4v) is 2.55. The molecule has 0 radical (unpaired) electrons. The Labute approximate surface area is 153 Å². The fraction of sp³-hybridized carbons (Fsp3) is 0.300. The molecule has 1 atom stereocenters. The van der Waals surface area contributed by atoms with Crippen molar-refractivity contribution in [3.8, 4) is 0 Å². The van der Waals surface area contributed by atoms with Crippen molar-refractivity contribution in [2.24, 2.45) is 0 Å². The van der Waals surface area contributed by atoms with Gasteiger partial charge in [0.25, 0.3) is 0 Å². The molecule has 0 aliphatic rings. The summed E-state index contributed by atoms with van der Waals surface area (Å²) in [5, 5.41) is 5.43. The van der Waals surface area contributed by atoms with E-state index in [2.05, 4.69) is 10.6 Å². The second-order valence-electron chi connectivity index (χ2n) is 6.38. The Hall–Kier alpha value is -2.73. The molecule has 0 unspecified atom stereocenters. The largest absolute Gasteiger partial charge is 0.324 e. The van der Waals surface area contributed by atoms with Crippen LogP contribution in [0.4, 0.5) is 15.8 Å². The van der Waals surface area contributed by atoms with Gasteiger partial charge in [-0.05, 0) is 51.1 Å². The van der Waals surface area contributed by atoms with E-state index in [1.54, 1.807) is 31.0 Å². The van der Waals surface area contributed by atoms with Gasteiger partial charge in [0.1, 0.15) is 5.82 Å². The third kappa shape index (κ3) is 4.89. The van der Waals surface area contributed by atoms with Crippen LogP contribution in [0.15, 0.2) is 42.5 Å². The lowest BCUT2D eigenvalue weighted by molar-refractivity contribution is -0.122. The van der Waals surface area contributed by atoms with Crippen LogP contribution in [-0.4, -0.2) is 36.3 Å². The monoisotopic (exact) mass is 357 g/mol. The van der Waals surface area contributed by atoms with Crippen LogP contribution in [-0.2, 0) is 9.59 Å². The maximum atomic E-state index is 13.7. The van der Waals surface area contributed by atoms with Crippen LogP contribution in [0.25, 0.3) is 0 Å². The standard InChI is InChI=1S/C20H24FN3O2/c1-13-8-7-9-14(2)19(13)23-18(25)12-24(4)15(3)20(26)22-17-11-6-5-10-16(17)21/h5-11,15H,12H2,1-4H3,(H,22,26)(H,23,25)/t15-/m1/s1. The van der Waals surface area contributed by atoms with Crippen LogP contribution in [0.5, 0.6) is 0 Å². The van der Waals surface area contributed by atoms with Crippen molar-refractivity contribution in [2.45, 2.75) is 26.8 Å². The summed E-state index contributed by atoms with van der Waals surface area (Å²) in [6.45, 7) is 5.57. The Morgan fingerprint density at radius 3 is 2.27 bits per heavy atom. The number of likely N-dealkylation sites (N-methyl/N-ethyl adjacent to an activating group) is 1. The number of amides is 2. The highest BCUT2D eigenvalue weighted by Gasteiger charge is 2.21. The Kier molecular flexibility index (Phi) is 6.46. The van der Waals surface area contributed by atoms with Crippen molar-refractivity contribution in [3.63, 3.8) is 0 Å². The topological polar surface area (TPSA) is 61.4 Å². The van der Waals surface area contributed by atoms with E-state index in [9.17, 15) is 14.0 Å². The molecule has 2 aromatic rings. The SMILES string of the molecule is Cc1cccc(C)c1NC(=O)CN(C)[C@H](C)C(=O)Nc1ccccc1F. The summed E-state index contributed by atoms with van der Waals surface area (Å²) in [4.78, 5) is 26.2. The quantitative estimate of drug-likeness (QED) is 0.834. The third-order valence-corrected chi connectivity index (χ3v) is 4.31. The maximum absolute atomic E-state index is 13.7. The van der Waals surface area contributed by atoms with Crippen LogP contribution in [0.3, 0.4) is 0 Å². The molecular weight excluding hydrogens is 333 g/mol. The van der Waals surface area contributed by atoms with Gasteiger partial charge in [-0.25, -0.2) is 4.39 Å². The molecule has 0 saturated carbocycles. The van der Waals surface area contributed by atoms with E-state index in [-0.39, 0.29) is 24.0 Å². The van der Waals surface area contributed by atoms with Crippen molar-refractivity contribution in [2.75, 3.05) is 24.2 Å². The molecule has 2 aromatic carbocycles. The summed E-state index contributed by atoms with van der Waals surface area (Å²) >= 11 is 0. The molecule has 0 bridgehead atoms. The van der Waals surface area contributed by atoms with Gasteiger partial charge in [0.2, 0.25) is 11.8 Å². The van der Waals surface area contributed by atoms with Gasteiger partial charge >= 0.3 is 0 Å². The number of nitrogens with zero attached hydrogens (tertiary/aromatic N) is 1. The Bertz CT molecular complexity index is 787. The zero-order chi connectivity index (χ0) is 19.3. The molecular formula is C20H24FN3O2. The number of aryl methyl sites for hydroxylation is 2. The normalized spacial score (nSPS) is 11.9. The first-order valence-corrected chi connectivity index (χ1v) is 8.41. The Morgan fingerprint density at radius 2 is 1.65 bits per heavy atom. The minimum absolute atomic E-state index is 0.0413. The van der Waals surface area contributed by atoms with Gasteiger partial charge in [-0.15, -0.1) is 0 Å². The van der Waals surface area contributed by atoms with E-state index in [0.29, 0.717) is 0 Å². The number of hydrogen-bond donors (Lipinski definition) is 2. The molecule has 2 amide bonds. The van der Waals surface area contributed by atoms with E-state index in [4.69, 9.17) is 0 Å². The van der Waals surface area contributed by atoms with Crippen molar-refractivity contribution in [1.29, 1.82) is 0 Å². The molecule has 0 aliphatic heterocycles. The maximum Gasteiger partial charge on any atom is 0.241 e. The van der Waals surface area contributed by atoms with Crippen LogP contribution in [0, 0.1) is 19.7 Å². The van der Waals surface area contributed by atoms with E-state index < -0.39 is 11.9 Å². The van der Waals surface area contributed by atoms with Gasteiger partial charge in [0, 0.05) is 5.69 Å². The molecule has 0 heterocycles. The van der Waals surface area contributed by atoms with Gasteiger partial charge in [0.05, 0.1) is 18.3 Å². The second-order valence-corrected chi connectivity index (χ2v) is 6.38. The number of anilines is 2. The molecule has 0 spiro atoms. The lowest BCUT2D eigenvalue weighted by Gasteiger charge is -2.23. The van der Waals surface area contributed by atoms with E-state index in [1.807, 2.05) is 32.0 Å². The van der Waals surface area contributed by atoms with E-state index in [1.165, 1.54) is 12.1 Å². The van der Waals surface area contributed by atoms with Gasteiger partial charge in [0.15, 0.2) is 0 Å². The summed E-state index contributed by atoms with van der Waals surface area (Å²) < 4.78 is 13.7. The number of hydrogen-bond acceptors (Lipinski definition) is 3. The molecule has 0 fully saturated rings. The fourth-order valence-electron chi connectivity index (χ4n) is 2.55. The minimum atomic E-state index is -0.599. The number of rotatable bonds is 6. The number of para-hydroxylation sites is 2. The van der Waals surface area contributed by atoms with Crippen LogP contribution >= 0.6 is 0 Å². The predicted octanol–water partition coefficient (Wildman–Crippen LogP) is 3.34. The number of benzene rings is 2. The molecule has 26 heavy (non-hydrogen) atoms. The third-order valence-electron chi connectivity index (χ3n) is 4.31. The lowest BCUT2D eigenvalue weighted by atomic mass is 10.1. The molecule has 6 heteroatoms. The molecule has 5 nitrogen and oxygen atoms in total. The molecule has 2 rings (SSSR count). The van der Waals surface area contributed by atoms with Crippen molar-refractivity contribution in [1.82, 2.24) is 4.90 Å². The lowest BCUT2D eigenvalue weighted by Crippen LogP contribution is -2.43. The van der Waals surface area contributed by atoms with Crippen molar-refractivity contribution >= 4 is 23.2 Å². The Morgan fingerprint density at radius 1 is 1.04 bits per heavy atom. The smallest absolute Gasteiger partial charge is 0.241 e. The van der Waals surface area contributed by atoms with Gasteiger partial charge in [-0.1, -0.05) is 30.3 Å². The highest BCUT2D eigenvalue weighted by atomic mass is 19.1. The zero-order valence-corrected chi connectivity index (χ0v) is 15.5. The molecule has 0 aliphatic carbocycles. The second kappa shape index (κ2) is 8.58. The summed E-state index contributed by atoms with van der Waals surface area (Å²) in [6.07, 6.45) is 0. The molecule has 138 valence electrons. The van der Waals surface area contributed by atoms with E-state index in [0.717, 1.165) is 16.8 Å². The highest BCUT2D eigenvalue weighted by Crippen LogP contribution is 2.19. The number of carbonyl (C=O) groups excluding carboxylic acids is 2. The zero-order valence-electron chi connectivity index (χ0n) is 15.5. The summed E-state index contributed by atoms with van der Waals surface area (Å²) in [6, 6.07) is 11.2. The predicted molar refractivity (Wildman–Crippen MR) is 102 cm³/mol. The highest BCUT2D eigenvalue weighted by molar-refractivity contribution is 5.96.